The lowest BCUT2D eigenvalue weighted by atomic mass is 10.2. The summed E-state index contributed by atoms with van der Waals surface area (Å²) in [6, 6.07) is 7.25. The topological polar surface area (TPSA) is 67.9 Å². The molecule has 0 bridgehead atoms. The highest BCUT2D eigenvalue weighted by Gasteiger charge is 2.32. The van der Waals surface area contributed by atoms with E-state index in [1.165, 1.54) is 4.90 Å². The highest BCUT2D eigenvalue weighted by atomic mass is 16.5. The van der Waals surface area contributed by atoms with E-state index >= 15 is 0 Å². The predicted octanol–water partition coefficient (Wildman–Crippen LogP) is 1.10. The number of hydrogen-bond acceptors (Lipinski definition) is 4. The van der Waals surface area contributed by atoms with E-state index in [0.717, 1.165) is 19.4 Å². The Labute approximate surface area is 129 Å². The average molecular weight is 304 g/mol. The summed E-state index contributed by atoms with van der Waals surface area (Å²) < 4.78 is 11.0. The van der Waals surface area contributed by atoms with Crippen LogP contribution in [0.15, 0.2) is 24.3 Å². The third kappa shape index (κ3) is 3.06. The number of nitrogens with one attached hydrogen (secondary N) is 1. The van der Waals surface area contributed by atoms with E-state index in [4.69, 9.17) is 9.47 Å². The molecule has 2 amide bonds. The lowest BCUT2D eigenvalue weighted by Gasteiger charge is -2.32. The van der Waals surface area contributed by atoms with E-state index in [9.17, 15) is 9.59 Å². The van der Waals surface area contributed by atoms with Gasteiger partial charge < -0.3 is 14.8 Å². The first-order chi connectivity index (χ1) is 10.6. The molecule has 22 heavy (non-hydrogen) atoms. The summed E-state index contributed by atoms with van der Waals surface area (Å²) in [5.74, 6) is 0.236. The van der Waals surface area contributed by atoms with Gasteiger partial charge in [-0.3, -0.25) is 14.5 Å². The van der Waals surface area contributed by atoms with Gasteiger partial charge in [-0.1, -0.05) is 12.1 Å². The van der Waals surface area contributed by atoms with Crippen LogP contribution in [0.1, 0.15) is 19.8 Å². The number of hydrogen-bond donors (Lipinski definition) is 1. The van der Waals surface area contributed by atoms with Crippen LogP contribution in [0.4, 0.5) is 5.69 Å². The van der Waals surface area contributed by atoms with Gasteiger partial charge in [-0.05, 0) is 31.9 Å². The number of benzene rings is 1. The van der Waals surface area contributed by atoms with Crippen LogP contribution >= 0.6 is 0 Å². The van der Waals surface area contributed by atoms with Gasteiger partial charge >= 0.3 is 0 Å². The molecular formula is C16H20N2O4. The standard InChI is InChI=1S/C16H20N2O4/c1-11-16(20)18(13-6-2-3-7-14(13)22-11)10-15(19)17-9-12-5-4-8-21-12/h2-3,6-7,11-12H,4-5,8-10H2,1H3,(H,17,19)/t11-,12-/m1/s1. The van der Waals surface area contributed by atoms with Crippen LogP contribution in [0.25, 0.3) is 0 Å². The van der Waals surface area contributed by atoms with Crippen LogP contribution < -0.4 is 15.0 Å². The minimum atomic E-state index is -0.583. The maximum atomic E-state index is 12.3. The van der Waals surface area contributed by atoms with Crippen molar-refractivity contribution in [3.8, 4) is 5.75 Å². The maximum Gasteiger partial charge on any atom is 0.268 e. The number of anilines is 1. The number of nitrogens with zero attached hydrogens (tertiary/aromatic N) is 1. The SMILES string of the molecule is C[C@H]1Oc2ccccc2N(CC(=O)NC[C@H]2CCCO2)C1=O. The second-order valence-corrected chi connectivity index (χ2v) is 5.59. The largest absolute Gasteiger partial charge is 0.479 e. The molecule has 0 unspecified atom stereocenters. The molecule has 1 fully saturated rings. The van der Waals surface area contributed by atoms with Crippen molar-refractivity contribution in [2.24, 2.45) is 0 Å². The molecule has 0 aromatic heterocycles. The number of rotatable bonds is 4. The Morgan fingerprint density at radius 2 is 2.23 bits per heavy atom. The van der Waals surface area contributed by atoms with Gasteiger partial charge in [0.25, 0.3) is 5.91 Å². The molecule has 0 aliphatic carbocycles. The molecule has 3 rings (SSSR count). The summed E-state index contributed by atoms with van der Waals surface area (Å²) in [5.41, 5.74) is 0.637. The molecule has 2 aliphatic rings. The van der Waals surface area contributed by atoms with Gasteiger partial charge in [0.2, 0.25) is 5.91 Å². The lowest BCUT2D eigenvalue weighted by Crippen LogP contribution is -2.49. The van der Waals surface area contributed by atoms with Crippen molar-refractivity contribution in [2.45, 2.75) is 32.0 Å². The molecule has 2 aliphatic heterocycles. The van der Waals surface area contributed by atoms with E-state index in [-0.39, 0.29) is 24.5 Å². The van der Waals surface area contributed by atoms with E-state index < -0.39 is 6.10 Å². The molecular weight excluding hydrogens is 284 g/mol. The Balaban J connectivity index is 1.65. The van der Waals surface area contributed by atoms with Crippen molar-refractivity contribution < 1.29 is 19.1 Å². The number of amides is 2. The molecule has 0 spiro atoms. The molecule has 1 aromatic carbocycles. The van der Waals surface area contributed by atoms with Crippen LogP contribution in [0.3, 0.4) is 0 Å². The number of fused-ring (bicyclic) bond motifs is 1. The molecule has 6 nitrogen and oxygen atoms in total. The van der Waals surface area contributed by atoms with Crippen molar-refractivity contribution in [3.63, 3.8) is 0 Å². The second-order valence-electron chi connectivity index (χ2n) is 5.59. The molecule has 2 atom stereocenters. The summed E-state index contributed by atoms with van der Waals surface area (Å²) in [4.78, 5) is 25.9. The monoisotopic (exact) mass is 304 g/mol. The van der Waals surface area contributed by atoms with Crippen molar-refractivity contribution in [2.75, 3.05) is 24.6 Å². The van der Waals surface area contributed by atoms with Gasteiger partial charge in [0.15, 0.2) is 6.10 Å². The number of ether oxygens (including phenoxy) is 2. The third-order valence-electron chi connectivity index (χ3n) is 3.93. The quantitative estimate of drug-likeness (QED) is 0.904. The smallest absolute Gasteiger partial charge is 0.268 e. The van der Waals surface area contributed by atoms with Crippen molar-refractivity contribution in [3.05, 3.63) is 24.3 Å². The molecule has 2 heterocycles. The minimum Gasteiger partial charge on any atom is -0.479 e. The van der Waals surface area contributed by atoms with Gasteiger partial charge in [0, 0.05) is 13.2 Å². The molecule has 6 heteroatoms. The number of carbonyl (C=O) groups excluding carboxylic acids is 2. The maximum absolute atomic E-state index is 12.3. The Morgan fingerprint density at radius 3 is 3.00 bits per heavy atom. The molecule has 1 aromatic rings. The molecule has 0 radical (unpaired) electrons. The molecule has 1 saturated heterocycles. The fourth-order valence-electron chi connectivity index (χ4n) is 2.75. The van der Waals surface area contributed by atoms with E-state index in [1.54, 1.807) is 19.1 Å². The predicted molar refractivity (Wildman–Crippen MR) is 80.9 cm³/mol. The Kier molecular flexibility index (Phi) is 4.29. The van der Waals surface area contributed by atoms with Crippen molar-refractivity contribution in [1.29, 1.82) is 0 Å². The zero-order valence-electron chi connectivity index (χ0n) is 12.6. The van der Waals surface area contributed by atoms with E-state index in [1.807, 2.05) is 12.1 Å². The normalized spacial score (nSPS) is 23.9. The fraction of sp³-hybridized carbons (Fsp3) is 0.500. The van der Waals surface area contributed by atoms with Crippen molar-refractivity contribution in [1.82, 2.24) is 5.32 Å². The first-order valence-corrected chi connectivity index (χ1v) is 7.60. The fourth-order valence-corrected chi connectivity index (χ4v) is 2.75. The summed E-state index contributed by atoms with van der Waals surface area (Å²) in [5, 5.41) is 2.84. The Morgan fingerprint density at radius 1 is 1.41 bits per heavy atom. The van der Waals surface area contributed by atoms with Gasteiger partial charge in [-0.2, -0.15) is 0 Å². The highest BCUT2D eigenvalue weighted by molar-refractivity contribution is 6.03. The first-order valence-electron chi connectivity index (χ1n) is 7.60. The Bertz CT molecular complexity index is 569. The summed E-state index contributed by atoms with van der Waals surface area (Å²) in [7, 11) is 0. The van der Waals surface area contributed by atoms with E-state index in [0.29, 0.717) is 18.0 Å². The first kappa shape index (κ1) is 14.8. The Hall–Kier alpha value is -2.08. The van der Waals surface area contributed by atoms with Crippen LogP contribution in [-0.2, 0) is 14.3 Å². The number of para-hydroxylation sites is 2. The van der Waals surface area contributed by atoms with Crippen molar-refractivity contribution >= 4 is 17.5 Å². The van der Waals surface area contributed by atoms with Crippen LogP contribution in [0.5, 0.6) is 5.75 Å². The zero-order valence-corrected chi connectivity index (χ0v) is 12.6. The average Bonchev–Trinajstić information content (AvgIpc) is 3.03. The summed E-state index contributed by atoms with van der Waals surface area (Å²) in [6.07, 6.45) is 1.51. The van der Waals surface area contributed by atoms with Gasteiger partial charge in [-0.15, -0.1) is 0 Å². The van der Waals surface area contributed by atoms with Gasteiger partial charge in [0.1, 0.15) is 12.3 Å². The van der Waals surface area contributed by atoms with Crippen LogP contribution in [0.2, 0.25) is 0 Å². The summed E-state index contributed by atoms with van der Waals surface area (Å²) in [6.45, 7) is 2.94. The van der Waals surface area contributed by atoms with E-state index in [2.05, 4.69) is 5.32 Å². The zero-order chi connectivity index (χ0) is 15.5. The van der Waals surface area contributed by atoms with Crippen LogP contribution in [0, 0.1) is 0 Å². The number of carbonyl (C=O) groups is 2. The second kappa shape index (κ2) is 6.36. The lowest BCUT2D eigenvalue weighted by molar-refractivity contribution is -0.128. The molecule has 118 valence electrons. The third-order valence-corrected chi connectivity index (χ3v) is 3.93. The van der Waals surface area contributed by atoms with Crippen LogP contribution in [-0.4, -0.2) is 43.7 Å². The van der Waals surface area contributed by atoms with Gasteiger partial charge in [0.05, 0.1) is 11.8 Å². The summed E-state index contributed by atoms with van der Waals surface area (Å²) >= 11 is 0. The highest BCUT2D eigenvalue weighted by Crippen LogP contribution is 2.33. The van der Waals surface area contributed by atoms with Gasteiger partial charge in [-0.25, -0.2) is 0 Å². The molecule has 1 N–H and O–H groups in total. The molecule has 0 saturated carbocycles. The minimum absolute atomic E-state index is 0.00370.